The second-order valence-electron chi connectivity index (χ2n) is 8.34. The Balaban J connectivity index is 1.71. The zero-order chi connectivity index (χ0) is 15.2. The molecule has 3 saturated carbocycles. The number of nitrogens with zero attached hydrogens (tertiary/aromatic N) is 1. The van der Waals surface area contributed by atoms with Crippen LogP contribution in [-0.2, 0) is 4.79 Å². The summed E-state index contributed by atoms with van der Waals surface area (Å²) in [6, 6.07) is 1.16. The van der Waals surface area contributed by atoms with Gasteiger partial charge < -0.3 is 5.11 Å². The molecule has 124 valence electrons. The van der Waals surface area contributed by atoms with Gasteiger partial charge in [0.05, 0.1) is 0 Å². The molecule has 1 saturated heterocycles. The van der Waals surface area contributed by atoms with Crippen LogP contribution in [0.25, 0.3) is 0 Å². The first-order chi connectivity index (χ1) is 10.7. The van der Waals surface area contributed by atoms with Crippen molar-refractivity contribution in [2.45, 2.75) is 101 Å². The van der Waals surface area contributed by atoms with Gasteiger partial charge in [-0.05, 0) is 50.4 Å². The summed E-state index contributed by atoms with van der Waals surface area (Å²) >= 11 is 0. The molecule has 4 rings (SSSR count). The lowest BCUT2D eigenvalue weighted by Crippen LogP contribution is -2.61. The maximum absolute atomic E-state index is 12.4. The first-order valence-corrected chi connectivity index (χ1v) is 9.76. The van der Waals surface area contributed by atoms with Gasteiger partial charge in [0.1, 0.15) is 5.54 Å². The van der Waals surface area contributed by atoms with Crippen LogP contribution in [0.5, 0.6) is 0 Å². The summed E-state index contributed by atoms with van der Waals surface area (Å²) in [5.41, 5.74) is -0.519. The van der Waals surface area contributed by atoms with Crippen LogP contribution in [0.1, 0.15) is 83.5 Å². The number of hydrogen-bond acceptors (Lipinski definition) is 2. The van der Waals surface area contributed by atoms with E-state index in [1.54, 1.807) is 0 Å². The highest BCUT2D eigenvalue weighted by Crippen LogP contribution is 2.53. The molecule has 1 aliphatic heterocycles. The average Bonchev–Trinajstić information content (AvgIpc) is 2.90. The minimum absolute atomic E-state index is 0.511. The van der Waals surface area contributed by atoms with Crippen LogP contribution in [0, 0.1) is 11.8 Å². The van der Waals surface area contributed by atoms with Crippen molar-refractivity contribution in [3.8, 4) is 0 Å². The van der Waals surface area contributed by atoms with E-state index < -0.39 is 11.5 Å². The van der Waals surface area contributed by atoms with Crippen LogP contribution in [0.3, 0.4) is 0 Å². The van der Waals surface area contributed by atoms with Crippen LogP contribution in [0.15, 0.2) is 0 Å². The van der Waals surface area contributed by atoms with E-state index in [2.05, 4.69) is 4.90 Å². The summed E-state index contributed by atoms with van der Waals surface area (Å²) in [4.78, 5) is 15.0. The molecule has 3 nitrogen and oxygen atoms in total. The molecular weight excluding hydrogens is 274 g/mol. The molecule has 4 unspecified atom stereocenters. The van der Waals surface area contributed by atoms with Gasteiger partial charge in [0.25, 0.3) is 0 Å². The summed E-state index contributed by atoms with van der Waals surface area (Å²) in [7, 11) is 0. The molecule has 0 radical (unpaired) electrons. The fourth-order valence-electron chi connectivity index (χ4n) is 6.57. The van der Waals surface area contributed by atoms with Gasteiger partial charge in [-0.2, -0.15) is 0 Å². The maximum atomic E-state index is 12.4. The molecule has 0 spiro atoms. The van der Waals surface area contributed by atoms with E-state index in [-0.39, 0.29) is 0 Å². The van der Waals surface area contributed by atoms with E-state index in [0.29, 0.717) is 12.1 Å². The van der Waals surface area contributed by atoms with Crippen molar-refractivity contribution < 1.29 is 9.90 Å². The van der Waals surface area contributed by atoms with Crippen LogP contribution < -0.4 is 0 Å². The van der Waals surface area contributed by atoms with Crippen molar-refractivity contribution in [3.05, 3.63) is 0 Å². The monoisotopic (exact) mass is 305 g/mol. The smallest absolute Gasteiger partial charge is 0.324 e. The molecule has 22 heavy (non-hydrogen) atoms. The Morgan fingerprint density at radius 1 is 0.773 bits per heavy atom. The van der Waals surface area contributed by atoms with Crippen molar-refractivity contribution in [1.82, 2.24) is 4.90 Å². The van der Waals surface area contributed by atoms with E-state index in [0.717, 1.165) is 37.5 Å². The SMILES string of the molecule is O=C(O)C1(N2C3CCCCC3C3CCCCC32)CCCCC1. The zero-order valence-electron chi connectivity index (χ0n) is 13.8. The Bertz CT molecular complexity index is 407. The predicted octanol–water partition coefficient (Wildman–Crippen LogP) is 4.21. The Hall–Kier alpha value is -0.570. The second-order valence-corrected chi connectivity index (χ2v) is 8.34. The van der Waals surface area contributed by atoms with E-state index in [9.17, 15) is 9.90 Å². The Morgan fingerprint density at radius 3 is 1.77 bits per heavy atom. The largest absolute Gasteiger partial charge is 0.480 e. The molecule has 1 N–H and O–H groups in total. The number of rotatable bonds is 2. The van der Waals surface area contributed by atoms with Crippen molar-refractivity contribution >= 4 is 5.97 Å². The fourth-order valence-corrected chi connectivity index (χ4v) is 6.57. The van der Waals surface area contributed by atoms with Crippen LogP contribution in [0.2, 0.25) is 0 Å². The van der Waals surface area contributed by atoms with Crippen LogP contribution >= 0.6 is 0 Å². The van der Waals surface area contributed by atoms with E-state index in [1.807, 2.05) is 0 Å². The molecule has 0 aromatic rings. The average molecular weight is 305 g/mol. The van der Waals surface area contributed by atoms with Gasteiger partial charge in [-0.15, -0.1) is 0 Å². The van der Waals surface area contributed by atoms with Gasteiger partial charge in [0.2, 0.25) is 0 Å². The molecule has 4 atom stereocenters. The molecule has 4 aliphatic rings. The molecule has 0 amide bonds. The number of aliphatic carboxylic acids is 1. The van der Waals surface area contributed by atoms with Crippen molar-refractivity contribution in [2.24, 2.45) is 11.8 Å². The highest BCUT2D eigenvalue weighted by Gasteiger charge is 2.59. The van der Waals surface area contributed by atoms with Crippen molar-refractivity contribution in [3.63, 3.8) is 0 Å². The minimum atomic E-state index is -0.519. The number of fused-ring (bicyclic) bond motifs is 3. The lowest BCUT2D eigenvalue weighted by Gasteiger charge is -2.48. The van der Waals surface area contributed by atoms with Gasteiger partial charge in [-0.1, -0.05) is 44.9 Å². The van der Waals surface area contributed by atoms with Gasteiger partial charge >= 0.3 is 5.97 Å². The van der Waals surface area contributed by atoms with E-state index in [1.165, 1.54) is 57.8 Å². The number of carboxylic acids is 1. The third kappa shape index (κ3) is 2.15. The van der Waals surface area contributed by atoms with Crippen LogP contribution in [-0.4, -0.2) is 33.6 Å². The highest BCUT2D eigenvalue weighted by molar-refractivity contribution is 5.79. The molecule has 0 aromatic carbocycles. The quantitative estimate of drug-likeness (QED) is 0.831. The molecule has 3 heteroatoms. The first kappa shape index (κ1) is 15.0. The highest BCUT2D eigenvalue weighted by atomic mass is 16.4. The zero-order valence-corrected chi connectivity index (χ0v) is 13.8. The standard InChI is InChI=1S/C19H31NO2/c21-18(22)19(12-6-1-7-13-19)20-16-10-4-2-8-14(16)15-9-3-5-11-17(15)20/h14-17H,1-13H2,(H,21,22). The number of carboxylic acid groups (broad SMARTS) is 1. The van der Waals surface area contributed by atoms with Gasteiger partial charge in [0, 0.05) is 12.1 Å². The Kier molecular flexibility index (Phi) is 3.96. The molecule has 1 heterocycles. The summed E-state index contributed by atoms with van der Waals surface area (Å²) in [6.45, 7) is 0. The molecule has 4 fully saturated rings. The molecule has 0 aromatic heterocycles. The summed E-state index contributed by atoms with van der Waals surface area (Å²) in [5, 5.41) is 10.2. The van der Waals surface area contributed by atoms with Gasteiger partial charge in [0.15, 0.2) is 0 Å². The second kappa shape index (κ2) is 5.81. The number of hydrogen-bond donors (Lipinski definition) is 1. The lowest BCUT2D eigenvalue weighted by molar-refractivity contribution is -0.158. The number of carbonyl (C=O) groups is 1. The summed E-state index contributed by atoms with van der Waals surface area (Å²) < 4.78 is 0. The normalized spacial score (nSPS) is 41.6. The molecule has 0 bridgehead atoms. The lowest BCUT2D eigenvalue weighted by atomic mass is 9.73. The molecular formula is C19H31NO2. The topological polar surface area (TPSA) is 40.5 Å². The van der Waals surface area contributed by atoms with Crippen molar-refractivity contribution in [1.29, 1.82) is 0 Å². The third-order valence-corrected chi connectivity index (χ3v) is 7.40. The fraction of sp³-hybridized carbons (Fsp3) is 0.947. The third-order valence-electron chi connectivity index (χ3n) is 7.40. The van der Waals surface area contributed by atoms with E-state index in [4.69, 9.17) is 0 Å². The Morgan fingerprint density at radius 2 is 1.27 bits per heavy atom. The van der Waals surface area contributed by atoms with Gasteiger partial charge in [-0.25, -0.2) is 0 Å². The van der Waals surface area contributed by atoms with E-state index >= 15 is 0 Å². The number of likely N-dealkylation sites (tertiary alicyclic amines) is 1. The minimum Gasteiger partial charge on any atom is -0.480 e. The predicted molar refractivity (Wildman–Crippen MR) is 86.8 cm³/mol. The molecule has 3 aliphatic carbocycles. The maximum Gasteiger partial charge on any atom is 0.324 e. The summed E-state index contributed by atoms with van der Waals surface area (Å²) in [6.07, 6.45) is 15.8. The van der Waals surface area contributed by atoms with Crippen molar-refractivity contribution in [2.75, 3.05) is 0 Å². The Labute approximate surface area is 134 Å². The van der Waals surface area contributed by atoms with Gasteiger partial charge in [-0.3, -0.25) is 9.69 Å². The van der Waals surface area contributed by atoms with Crippen LogP contribution in [0.4, 0.5) is 0 Å². The summed E-state index contributed by atoms with van der Waals surface area (Å²) in [5.74, 6) is 1.09. The first-order valence-electron chi connectivity index (χ1n) is 9.76.